The number of rotatable bonds is 8. The molecule has 2 unspecified atom stereocenters. The molecule has 33 heavy (non-hydrogen) atoms. The van der Waals surface area contributed by atoms with Gasteiger partial charge in [-0.15, -0.1) is 0 Å². The smallest absolute Gasteiger partial charge is 0.229 e. The predicted octanol–water partition coefficient (Wildman–Crippen LogP) is 3.60. The molecule has 3 saturated heterocycles. The molecule has 3 aliphatic rings. The zero-order valence-electron chi connectivity index (χ0n) is 19.4. The summed E-state index contributed by atoms with van der Waals surface area (Å²) in [6.07, 6.45) is 11.1. The third-order valence-corrected chi connectivity index (χ3v) is 7.70. The molecule has 5 heterocycles. The van der Waals surface area contributed by atoms with Crippen LogP contribution in [0, 0.1) is 6.92 Å². The molecule has 0 aliphatic carbocycles. The maximum absolute atomic E-state index is 11.7. The van der Waals surface area contributed by atoms with Crippen molar-refractivity contribution in [2.24, 2.45) is 0 Å². The van der Waals surface area contributed by atoms with Crippen LogP contribution in [0.15, 0.2) is 12.4 Å². The number of amides is 1. The van der Waals surface area contributed by atoms with Crippen molar-refractivity contribution in [2.45, 2.75) is 70.0 Å². The fraction of sp³-hybridized carbons (Fsp3) is 0.652. The number of hydrogen-bond acceptors (Lipinski definition) is 7. The summed E-state index contributed by atoms with van der Waals surface area (Å²) >= 11 is 6.31. The summed E-state index contributed by atoms with van der Waals surface area (Å²) in [4.78, 5) is 25.1. The van der Waals surface area contributed by atoms with Gasteiger partial charge in [-0.25, -0.2) is 4.98 Å². The summed E-state index contributed by atoms with van der Waals surface area (Å²) in [6.45, 7) is 4.33. The van der Waals surface area contributed by atoms with Crippen molar-refractivity contribution in [1.29, 1.82) is 0 Å². The predicted molar refractivity (Wildman–Crippen MR) is 129 cm³/mol. The molecule has 3 fully saturated rings. The van der Waals surface area contributed by atoms with Crippen LogP contribution in [0.1, 0.15) is 56.7 Å². The van der Waals surface area contributed by atoms with Gasteiger partial charge in [0, 0.05) is 44.3 Å². The average molecular weight is 473 g/mol. The van der Waals surface area contributed by atoms with Crippen molar-refractivity contribution in [3.05, 3.63) is 23.1 Å². The number of aromatic nitrogens is 4. The molecule has 2 atom stereocenters. The van der Waals surface area contributed by atoms with Crippen molar-refractivity contribution in [3.63, 3.8) is 0 Å². The van der Waals surface area contributed by atoms with E-state index in [0.29, 0.717) is 47.9 Å². The molecule has 178 valence electrons. The van der Waals surface area contributed by atoms with E-state index in [9.17, 15) is 4.79 Å². The van der Waals surface area contributed by atoms with Gasteiger partial charge in [-0.2, -0.15) is 10.1 Å². The van der Waals surface area contributed by atoms with Gasteiger partial charge in [0.15, 0.2) is 0 Å². The Hall–Kier alpha value is -2.39. The molecule has 2 bridgehead atoms. The SMILES string of the molecule is Cc1nn(C2CC3CCC(C2)N3C)cc1Nc1ncc(Cl)c(NCCCN2CCCC2=O)n1. The lowest BCUT2D eigenvalue weighted by atomic mass is 9.98. The minimum Gasteiger partial charge on any atom is -0.369 e. The Labute approximate surface area is 199 Å². The molecule has 2 N–H and O–H groups in total. The lowest BCUT2D eigenvalue weighted by Crippen LogP contribution is -2.40. The van der Waals surface area contributed by atoms with Gasteiger partial charge in [-0.1, -0.05) is 11.6 Å². The van der Waals surface area contributed by atoms with Crippen LogP contribution in [0.2, 0.25) is 5.02 Å². The van der Waals surface area contributed by atoms with Gasteiger partial charge >= 0.3 is 0 Å². The van der Waals surface area contributed by atoms with Crippen LogP contribution in [0.25, 0.3) is 0 Å². The molecule has 2 aromatic heterocycles. The van der Waals surface area contributed by atoms with Gasteiger partial charge in [0.1, 0.15) is 10.8 Å². The molecule has 3 aliphatic heterocycles. The summed E-state index contributed by atoms with van der Waals surface area (Å²) in [5.74, 6) is 1.34. The zero-order valence-corrected chi connectivity index (χ0v) is 20.2. The highest BCUT2D eigenvalue weighted by Gasteiger charge is 2.39. The molecule has 1 amide bonds. The fourth-order valence-electron chi connectivity index (χ4n) is 5.48. The Morgan fingerprint density at radius 1 is 1.21 bits per heavy atom. The van der Waals surface area contributed by atoms with Gasteiger partial charge in [0.25, 0.3) is 0 Å². The number of likely N-dealkylation sites (tertiary alicyclic amines) is 1. The molecule has 0 radical (unpaired) electrons. The lowest BCUT2D eigenvalue weighted by molar-refractivity contribution is -0.127. The van der Waals surface area contributed by atoms with Crippen LogP contribution in [0.3, 0.4) is 0 Å². The number of fused-ring (bicyclic) bond motifs is 2. The van der Waals surface area contributed by atoms with Crippen LogP contribution < -0.4 is 10.6 Å². The van der Waals surface area contributed by atoms with Crippen LogP contribution >= 0.6 is 11.6 Å². The monoisotopic (exact) mass is 472 g/mol. The summed E-state index contributed by atoms with van der Waals surface area (Å²) in [7, 11) is 2.26. The number of nitrogens with zero attached hydrogens (tertiary/aromatic N) is 6. The molecule has 0 saturated carbocycles. The fourth-order valence-corrected chi connectivity index (χ4v) is 5.64. The Morgan fingerprint density at radius 2 is 2.00 bits per heavy atom. The van der Waals surface area contributed by atoms with Crippen molar-refractivity contribution in [2.75, 3.05) is 37.3 Å². The number of anilines is 3. The summed E-state index contributed by atoms with van der Waals surface area (Å²) in [5, 5.41) is 11.9. The van der Waals surface area contributed by atoms with Crippen molar-refractivity contribution < 1.29 is 4.79 Å². The average Bonchev–Trinajstić information content (AvgIpc) is 3.42. The van der Waals surface area contributed by atoms with E-state index in [-0.39, 0.29) is 5.91 Å². The van der Waals surface area contributed by atoms with Gasteiger partial charge in [0.2, 0.25) is 11.9 Å². The van der Waals surface area contributed by atoms with Crippen LogP contribution in [-0.2, 0) is 4.79 Å². The third-order valence-electron chi connectivity index (χ3n) is 7.42. The lowest BCUT2D eigenvalue weighted by Gasteiger charge is -2.36. The Morgan fingerprint density at radius 3 is 2.73 bits per heavy atom. The van der Waals surface area contributed by atoms with E-state index < -0.39 is 0 Å². The van der Waals surface area contributed by atoms with Crippen LogP contribution in [-0.4, -0.2) is 74.2 Å². The van der Waals surface area contributed by atoms with Crippen molar-refractivity contribution >= 4 is 35.0 Å². The molecule has 2 aromatic rings. The van der Waals surface area contributed by atoms with Crippen LogP contribution in [0.5, 0.6) is 0 Å². The molecule has 9 nitrogen and oxygen atoms in total. The normalized spacial score (nSPS) is 25.1. The van der Waals surface area contributed by atoms with Gasteiger partial charge in [-0.05, 0) is 52.5 Å². The second-order valence-corrected chi connectivity index (χ2v) is 9.97. The molecule has 5 rings (SSSR count). The molecular weight excluding hydrogens is 440 g/mol. The van der Waals surface area contributed by atoms with E-state index in [4.69, 9.17) is 16.7 Å². The first kappa shape index (κ1) is 22.4. The number of carbonyl (C=O) groups excluding carboxylic acids is 1. The number of piperidine rings is 1. The summed E-state index contributed by atoms with van der Waals surface area (Å²) < 4.78 is 2.13. The van der Waals surface area contributed by atoms with Gasteiger partial charge in [0.05, 0.1) is 23.6 Å². The molecule has 0 aromatic carbocycles. The van der Waals surface area contributed by atoms with Crippen molar-refractivity contribution in [1.82, 2.24) is 29.5 Å². The number of hydrogen-bond donors (Lipinski definition) is 2. The highest BCUT2D eigenvalue weighted by molar-refractivity contribution is 6.32. The summed E-state index contributed by atoms with van der Waals surface area (Å²) in [5.41, 5.74) is 1.85. The quantitative estimate of drug-likeness (QED) is 0.567. The van der Waals surface area contributed by atoms with Crippen molar-refractivity contribution in [3.8, 4) is 0 Å². The zero-order chi connectivity index (χ0) is 22.9. The molecule has 0 spiro atoms. The minimum atomic E-state index is 0.255. The Bertz CT molecular complexity index is 996. The van der Waals surface area contributed by atoms with Crippen LogP contribution in [0.4, 0.5) is 17.5 Å². The molecular formula is C23H33ClN8O. The Balaban J connectivity index is 1.19. The third kappa shape index (κ3) is 4.80. The topological polar surface area (TPSA) is 91.2 Å². The second-order valence-electron chi connectivity index (χ2n) is 9.56. The minimum absolute atomic E-state index is 0.255. The highest BCUT2D eigenvalue weighted by Crippen LogP contribution is 2.40. The number of nitrogens with one attached hydrogen (secondary N) is 2. The van der Waals surface area contributed by atoms with E-state index >= 15 is 0 Å². The first-order chi connectivity index (χ1) is 16.0. The number of halogens is 1. The van der Waals surface area contributed by atoms with E-state index in [1.165, 1.54) is 12.8 Å². The largest absolute Gasteiger partial charge is 0.369 e. The van der Waals surface area contributed by atoms with E-state index in [2.05, 4.69) is 43.4 Å². The van der Waals surface area contributed by atoms with E-state index in [1.54, 1.807) is 6.20 Å². The van der Waals surface area contributed by atoms with E-state index in [0.717, 1.165) is 50.2 Å². The van der Waals surface area contributed by atoms with E-state index in [1.807, 2.05) is 11.8 Å². The maximum atomic E-state index is 11.7. The van der Waals surface area contributed by atoms with Gasteiger partial charge in [-0.3, -0.25) is 9.48 Å². The van der Waals surface area contributed by atoms with Gasteiger partial charge < -0.3 is 20.4 Å². The summed E-state index contributed by atoms with van der Waals surface area (Å²) in [6, 6.07) is 1.79. The number of carbonyl (C=O) groups is 1. The maximum Gasteiger partial charge on any atom is 0.229 e. The number of aryl methyl sites for hydroxylation is 1. The first-order valence-electron chi connectivity index (χ1n) is 12.1. The second kappa shape index (κ2) is 9.46. The Kier molecular flexibility index (Phi) is 6.42. The first-order valence-corrected chi connectivity index (χ1v) is 12.4. The molecule has 10 heteroatoms. The highest BCUT2D eigenvalue weighted by atomic mass is 35.5. The standard InChI is InChI=1S/C23H33ClN8O/c1-15-20(14-32(29-15)18-11-16-6-7-17(12-18)30(16)2)27-23-26-13-19(24)22(28-23)25-8-4-10-31-9-3-5-21(31)33/h13-14,16-18H,3-12H2,1-2H3,(H2,25,26,27,28).